The summed E-state index contributed by atoms with van der Waals surface area (Å²) in [7, 11) is -2.15. The SMILES string of the molecule is CC1Cc2ccccc2N1S(=O)(=O)c1cccc(C(=O)N(C)C(c2ccc(Cl)cc2)c2ccc(Br)cc2)c1. The van der Waals surface area contributed by atoms with Crippen molar-refractivity contribution >= 4 is 49.1 Å². The number of para-hydroxylation sites is 1. The van der Waals surface area contributed by atoms with Crippen molar-refractivity contribution in [2.24, 2.45) is 0 Å². The third-order valence-electron chi connectivity index (χ3n) is 6.86. The lowest BCUT2D eigenvalue weighted by atomic mass is 9.97. The summed E-state index contributed by atoms with van der Waals surface area (Å²) < 4.78 is 30.0. The van der Waals surface area contributed by atoms with Crippen LogP contribution >= 0.6 is 27.5 Å². The Labute approximate surface area is 236 Å². The fourth-order valence-corrected chi connectivity index (χ4v) is 7.19. The Morgan fingerprint density at radius 2 is 1.58 bits per heavy atom. The number of anilines is 1. The molecule has 8 heteroatoms. The van der Waals surface area contributed by atoms with Crippen molar-refractivity contribution in [3.8, 4) is 0 Å². The maximum Gasteiger partial charge on any atom is 0.264 e. The van der Waals surface area contributed by atoms with Crippen molar-refractivity contribution in [3.05, 3.63) is 129 Å². The van der Waals surface area contributed by atoms with Crippen LogP contribution in [0.5, 0.6) is 0 Å². The molecule has 0 radical (unpaired) electrons. The topological polar surface area (TPSA) is 57.7 Å². The Kier molecular flexibility index (Phi) is 7.36. The van der Waals surface area contributed by atoms with Gasteiger partial charge in [0.2, 0.25) is 0 Å². The van der Waals surface area contributed by atoms with Gasteiger partial charge in [0.1, 0.15) is 0 Å². The zero-order chi connectivity index (χ0) is 27.0. The molecule has 0 spiro atoms. The lowest BCUT2D eigenvalue weighted by Crippen LogP contribution is -2.36. The Morgan fingerprint density at radius 3 is 2.26 bits per heavy atom. The van der Waals surface area contributed by atoms with Gasteiger partial charge in [-0.2, -0.15) is 0 Å². The minimum Gasteiger partial charge on any atom is -0.331 e. The van der Waals surface area contributed by atoms with Crippen LogP contribution in [0.25, 0.3) is 0 Å². The maximum atomic E-state index is 13.8. The zero-order valence-corrected chi connectivity index (χ0v) is 24.0. The predicted molar refractivity (Wildman–Crippen MR) is 155 cm³/mol. The molecule has 1 amide bonds. The van der Waals surface area contributed by atoms with Gasteiger partial charge >= 0.3 is 0 Å². The van der Waals surface area contributed by atoms with Gasteiger partial charge in [-0.25, -0.2) is 8.42 Å². The molecular formula is C30H26BrClN2O3S. The maximum absolute atomic E-state index is 13.8. The first kappa shape index (κ1) is 26.5. The van der Waals surface area contributed by atoms with Gasteiger partial charge in [0.15, 0.2) is 0 Å². The normalized spacial score (nSPS) is 15.7. The number of amides is 1. The van der Waals surface area contributed by atoms with Gasteiger partial charge in [0, 0.05) is 28.1 Å². The lowest BCUT2D eigenvalue weighted by Gasteiger charge is -2.30. The second kappa shape index (κ2) is 10.6. The Balaban J connectivity index is 1.51. The van der Waals surface area contributed by atoms with E-state index >= 15 is 0 Å². The summed E-state index contributed by atoms with van der Waals surface area (Å²) in [6.45, 7) is 1.90. The molecule has 1 heterocycles. The summed E-state index contributed by atoms with van der Waals surface area (Å²) >= 11 is 9.60. The van der Waals surface area contributed by atoms with Crippen LogP contribution in [0.3, 0.4) is 0 Å². The molecule has 2 atom stereocenters. The number of sulfonamides is 1. The number of nitrogens with zero attached hydrogens (tertiary/aromatic N) is 2. The van der Waals surface area contributed by atoms with Gasteiger partial charge in [0.25, 0.3) is 15.9 Å². The molecule has 2 unspecified atom stereocenters. The smallest absolute Gasteiger partial charge is 0.264 e. The molecule has 1 aliphatic heterocycles. The number of hydrogen-bond donors (Lipinski definition) is 0. The van der Waals surface area contributed by atoms with Gasteiger partial charge < -0.3 is 4.90 Å². The van der Waals surface area contributed by atoms with E-state index in [9.17, 15) is 13.2 Å². The number of benzene rings is 4. The summed E-state index contributed by atoms with van der Waals surface area (Å²) in [4.78, 5) is 15.5. The van der Waals surface area contributed by atoms with E-state index in [1.807, 2.05) is 67.6 Å². The van der Waals surface area contributed by atoms with Crippen LogP contribution < -0.4 is 4.31 Å². The Hall–Kier alpha value is -3.13. The van der Waals surface area contributed by atoms with Gasteiger partial charge in [-0.1, -0.05) is 76.1 Å². The minimum absolute atomic E-state index is 0.0898. The fraction of sp³-hybridized carbons (Fsp3) is 0.167. The van der Waals surface area contributed by atoms with E-state index in [1.54, 1.807) is 42.3 Å². The fourth-order valence-electron chi connectivity index (χ4n) is 5.06. The molecule has 194 valence electrons. The second-order valence-corrected chi connectivity index (χ2v) is 12.6. The molecule has 0 aromatic heterocycles. The summed E-state index contributed by atoms with van der Waals surface area (Å²) in [5.41, 5.74) is 3.78. The number of hydrogen-bond acceptors (Lipinski definition) is 3. The van der Waals surface area contributed by atoms with E-state index in [-0.39, 0.29) is 16.8 Å². The molecule has 5 rings (SSSR count). The molecule has 4 aromatic carbocycles. The Morgan fingerprint density at radius 1 is 0.947 bits per heavy atom. The molecule has 1 aliphatic rings. The average Bonchev–Trinajstić information content (AvgIpc) is 3.27. The first-order valence-electron chi connectivity index (χ1n) is 12.2. The van der Waals surface area contributed by atoms with Crippen molar-refractivity contribution in [2.75, 3.05) is 11.4 Å². The van der Waals surface area contributed by atoms with Gasteiger partial charge in [-0.3, -0.25) is 9.10 Å². The first-order chi connectivity index (χ1) is 18.2. The van der Waals surface area contributed by atoms with Crippen LogP contribution in [0, 0.1) is 0 Å². The van der Waals surface area contributed by atoms with E-state index in [1.165, 1.54) is 10.4 Å². The average molecular weight is 610 g/mol. The van der Waals surface area contributed by atoms with E-state index < -0.39 is 16.1 Å². The van der Waals surface area contributed by atoms with Crippen LogP contribution in [0.15, 0.2) is 106 Å². The van der Waals surface area contributed by atoms with Crippen molar-refractivity contribution in [3.63, 3.8) is 0 Å². The van der Waals surface area contributed by atoms with Crippen LogP contribution in [-0.2, 0) is 16.4 Å². The molecule has 38 heavy (non-hydrogen) atoms. The van der Waals surface area contributed by atoms with Crippen LogP contribution in [-0.4, -0.2) is 32.3 Å². The monoisotopic (exact) mass is 608 g/mol. The van der Waals surface area contributed by atoms with Gasteiger partial charge in [-0.15, -0.1) is 0 Å². The van der Waals surface area contributed by atoms with E-state index in [2.05, 4.69) is 15.9 Å². The largest absolute Gasteiger partial charge is 0.331 e. The lowest BCUT2D eigenvalue weighted by molar-refractivity contribution is 0.0755. The van der Waals surface area contributed by atoms with Gasteiger partial charge in [0.05, 0.1) is 16.6 Å². The van der Waals surface area contributed by atoms with Crippen LogP contribution in [0.2, 0.25) is 5.02 Å². The third kappa shape index (κ3) is 4.98. The standard InChI is InChI=1S/C30H26BrClN2O3S/c1-20-18-23-6-3-4-9-28(23)34(20)38(36,37)27-8-5-7-24(19-27)30(35)33(2)29(21-10-14-25(31)15-11-21)22-12-16-26(32)17-13-22/h3-17,19-20,29H,18H2,1-2H3. The van der Waals surface area contributed by atoms with E-state index in [0.717, 1.165) is 21.2 Å². The molecular weight excluding hydrogens is 584 g/mol. The number of carbonyl (C=O) groups is 1. The molecule has 0 fully saturated rings. The molecule has 4 aromatic rings. The highest BCUT2D eigenvalue weighted by Gasteiger charge is 2.36. The first-order valence-corrected chi connectivity index (χ1v) is 14.8. The summed E-state index contributed by atoms with van der Waals surface area (Å²) in [5.74, 6) is -0.292. The molecule has 5 nitrogen and oxygen atoms in total. The van der Waals surface area contributed by atoms with Crippen LogP contribution in [0.4, 0.5) is 5.69 Å². The highest BCUT2D eigenvalue weighted by molar-refractivity contribution is 9.10. The second-order valence-electron chi connectivity index (χ2n) is 9.43. The quantitative estimate of drug-likeness (QED) is 0.234. The minimum atomic E-state index is -3.87. The summed E-state index contributed by atoms with van der Waals surface area (Å²) in [6, 6.07) is 28.4. The van der Waals surface area contributed by atoms with Crippen molar-refractivity contribution in [2.45, 2.75) is 30.3 Å². The molecule has 0 saturated heterocycles. The molecule has 0 N–H and O–H groups in total. The number of fused-ring (bicyclic) bond motifs is 1. The summed E-state index contributed by atoms with van der Waals surface area (Å²) in [5, 5.41) is 0.605. The third-order valence-corrected chi connectivity index (χ3v) is 9.57. The van der Waals surface area contributed by atoms with E-state index in [0.29, 0.717) is 22.7 Å². The number of carbonyl (C=O) groups excluding carboxylic acids is 1. The highest BCUT2D eigenvalue weighted by atomic mass is 79.9. The van der Waals surface area contributed by atoms with Crippen LogP contribution in [0.1, 0.15) is 40.0 Å². The molecule has 0 bridgehead atoms. The number of halogens is 2. The van der Waals surface area contributed by atoms with E-state index in [4.69, 9.17) is 11.6 Å². The van der Waals surface area contributed by atoms with Crippen molar-refractivity contribution in [1.29, 1.82) is 0 Å². The molecule has 0 saturated carbocycles. The molecule has 0 aliphatic carbocycles. The zero-order valence-electron chi connectivity index (χ0n) is 20.9. The predicted octanol–water partition coefficient (Wildman–Crippen LogP) is 7.10. The summed E-state index contributed by atoms with van der Waals surface area (Å²) in [6.07, 6.45) is 0.646. The van der Waals surface area contributed by atoms with Gasteiger partial charge in [-0.05, 0) is 78.6 Å². The van der Waals surface area contributed by atoms with Crippen molar-refractivity contribution < 1.29 is 13.2 Å². The van der Waals surface area contributed by atoms with Crippen molar-refractivity contribution in [1.82, 2.24) is 4.90 Å². The number of rotatable bonds is 6. The Bertz CT molecular complexity index is 1550. The highest BCUT2D eigenvalue weighted by Crippen LogP contribution is 2.37.